The lowest BCUT2D eigenvalue weighted by atomic mass is 8.96. The van der Waals surface area contributed by atoms with Gasteiger partial charge in [0.1, 0.15) is 24.8 Å². The highest BCUT2D eigenvalue weighted by atomic mass is 16.6. The van der Waals surface area contributed by atoms with Gasteiger partial charge in [-0.05, 0) is 104 Å². The quantitative estimate of drug-likeness (QED) is 0.306. The van der Waals surface area contributed by atoms with Crippen molar-refractivity contribution >= 4 is 23.7 Å². The van der Waals surface area contributed by atoms with E-state index in [1.165, 1.54) is 33.9 Å². The highest BCUT2D eigenvalue weighted by molar-refractivity contribution is 5.77. The van der Waals surface area contributed by atoms with E-state index >= 15 is 0 Å². The molecule has 2 amide bonds. The maximum atomic E-state index is 12.0. The SMILES string of the molecule is O=C(Cn1ccnc1[N+](=O)[O-])NCC12C3C4C5C3C1C5C42.O=C(Cn1ccnc1[N+](=O)[O-])NCC12C3C4C5C3C1C5C42. The van der Waals surface area contributed by atoms with Gasteiger partial charge in [-0.1, -0.05) is 9.97 Å². The molecule has 42 heavy (non-hydrogen) atoms. The Kier molecular flexibility index (Phi) is 3.54. The van der Waals surface area contributed by atoms with Gasteiger partial charge in [0.25, 0.3) is 11.8 Å². The van der Waals surface area contributed by atoms with Crippen LogP contribution < -0.4 is 10.6 Å². The van der Waals surface area contributed by atoms with Crippen molar-refractivity contribution in [2.75, 3.05) is 13.1 Å². The van der Waals surface area contributed by atoms with Gasteiger partial charge in [0.05, 0.1) is 0 Å². The summed E-state index contributed by atoms with van der Waals surface area (Å²) in [6.45, 7) is 1.52. The molecule has 0 aromatic carbocycles. The number of aromatic nitrogens is 4. The van der Waals surface area contributed by atoms with E-state index in [-0.39, 0.29) is 36.8 Å². The van der Waals surface area contributed by atoms with E-state index < -0.39 is 9.85 Å². The normalized spacial score (nSPS) is 51.5. The molecule has 0 saturated heterocycles. The van der Waals surface area contributed by atoms with E-state index in [0.717, 1.165) is 95.9 Å². The Hall–Kier alpha value is -3.84. The second kappa shape index (κ2) is 6.55. The molecule has 14 heteroatoms. The molecule has 216 valence electrons. The van der Waals surface area contributed by atoms with E-state index in [1.807, 2.05) is 0 Å². The molecular formula is C28H28N8O6. The summed E-state index contributed by atoms with van der Waals surface area (Å²) in [6, 6.07) is 0. The summed E-state index contributed by atoms with van der Waals surface area (Å²) >= 11 is 0. The summed E-state index contributed by atoms with van der Waals surface area (Å²) in [5.74, 6) is 12.8. The van der Waals surface area contributed by atoms with Gasteiger partial charge in [0.15, 0.2) is 13.1 Å². The number of rotatable bonds is 10. The van der Waals surface area contributed by atoms with Crippen LogP contribution in [0.2, 0.25) is 0 Å². The highest BCUT2D eigenvalue weighted by Crippen LogP contribution is 3.06. The maximum absolute atomic E-state index is 12.0. The molecule has 2 aromatic heterocycles. The second-order valence-electron chi connectivity index (χ2n) is 14.8. The molecule has 14 nitrogen and oxygen atoms in total. The van der Waals surface area contributed by atoms with Crippen molar-refractivity contribution in [1.29, 1.82) is 0 Å². The first-order valence-electron chi connectivity index (χ1n) is 15.2. The minimum atomic E-state index is -0.564. The third kappa shape index (κ3) is 1.93. The second-order valence-corrected chi connectivity index (χ2v) is 14.8. The van der Waals surface area contributed by atoms with E-state index in [9.17, 15) is 29.8 Å². The number of carbonyl (C=O) groups excluding carboxylic acids is 2. The van der Waals surface area contributed by atoms with Gasteiger partial charge in [-0.25, -0.2) is 9.13 Å². The molecule has 12 fully saturated rings. The fraction of sp³-hybridized carbons (Fsp3) is 0.714. The largest absolute Gasteiger partial charge is 0.435 e. The molecule has 12 saturated carbocycles. The summed E-state index contributed by atoms with van der Waals surface area (Å²) in [5, 5.41) is 27.6. The maximum Gasteiger partial charge on any atom is 0.435 e. The van der Waals surface area contributed by atoms with Crippen molar-refractivity contribution in [3.63, 3.8) is 0 Å². The Balaban J connectivity index is 0.000000107. The van der Waals surface area contributed by atoms with E-state index in [0.29, 0.717) is 10.8 Å². The zero-order valence-electron chi connectivity index (χ0n) is 22.4. The first-order chi connectivity index (χ1) is 20.3. The van der Waals surface area contributed by atoms with Crippen LogP contribution in [0, 0.1) is 114 Å². The fourth-order valence-electron chi connectivity index (χ4n) is 14.2. The summed E-state index contributed by atoms with van der Waals surface area (Å²) in [6.07, 6.45) is 5.65. The van der Waals surface area contributed by atoms with Gasteiger partial charge in [-0.3, -0.25) is 9.59 Å². The van der Waals surface area contributed by atoms with E-state index in [4.69, 9.17) is 0 Å². The number of amides is 2. The number of hydrogen-bond donors (Lipinski definition) is 2. The van der Waals surface area contributed by atoms with E-state index in [1.54, 1.807) is 0 Å². The predicted octanol–water partition coefficient (Wildman–Crippen LogP) is 0.551. The molecule has 0 radical (unpaired) electrons. The summed E-state index contributed by atoms with van der Waals surface area (Å²) in [7, 11) is 0. The van der Waals surface area contributed by atoms with Crippen molar-refractivity contribution in [3.05, 3.63) is 45.0 Å². The molecule has 0 atom stereocenters. The Morgan fingerprint density at radius 1 is 0.667 bits per heavy atom. The van der Waals surface area contributed by atoms with Crippen LogP contribution in [0.15, 0.2) is 24.8 Å². The number of nitro groups is 2. The van der Waals surface area contributed by atoms with E-state index in [2.05, 4.69) is 20.6 Å². The fourth-order valence-corrected chi connectivity index (χ4v) is 14.2. The number of nitrogens with zero attached hydrogens (tertiary/aromatic N) is 6. The van der Waals surface area contributed by atoms with Crippen LogP contribution in [0.4, 0.5) is 11.9 Å². The van der Waals surface area contributed by atoms with Crippen molar-refractivity contribution in [3.8, 4) is 0 Å². The van der Waals surface area contributed by atoms with Crippen molar-refractivity contribution in [1.82, 2.24) is 29.7 Å². The Bertz CT molecular complexity index is 1470. The average Bonchev–Trinajstić information content (AvgIpc) is 3.65. The molecule has 2 aromatic rings. The van der Waals surface area contributed by atoms with Crippen LogP contribution in [-0.2, 0) is 22.7 Å². The molecule has 2 N–H and O–H groups in total. The number of hydrogen-bond acceptors (Lipinski definition) is 8. The summed E-state index contributed by atoms with van der Waals surface area (Å²) in [5.41, 5.74) is 0.899. The molecule has 0 aliphatic heterocycles. The molecule has 12 aliphatic carbocycles. The smallest absolute Gasteiger partial charge is 0.390 e. The molecule has 14 rings (SSSR count). The predicted molar refractivity (Wildman–Crippen MR) is 138 cm³/mol. The van der Waals surface area contributed by atoms with Gasteiger partial charge >= 0.3 is 11.9 Å². The van der Waals surface area contributed by atoms with Gasteiger partial charge in [0, 0.05) is 13.1 Å². The lowest BCUT2D eigenvalue weighted by Crippen LogP contribution is -3.06. The van der Waals surface area contributed by atoms with Crippen LogP contribution >= 0.6 is 0 Å². The average molecular weight is 573 g/mol. The van der Waals surface area contributed by atoms with Crippen LogP contribution in [-0.4, -0.2) is 53.9 Å². The monoisotopic (exact) mass is 572 g/mol. The van der Waals surface area contributed by atoms with Gasteiger partial charge in [0.2, 0.25) is 0 Å². The number of nitrogens with one attached hydrogen (secondary N) is 2. The standard InChI is InChI=1S/2C14H14N4O3/c2*19-5(3-17-2-1-15-13(17)18(20)21)16-4-14-10-7-6-8(10)12(14)9(6)11(7)14/h2*1-2,6-12H,3-4H2,(H,16,19). The molecule has 0 unspecified atom stereocenters. The third-order valence-corrected chi connectivity index (χ3v) is 14.9. The lowest BCUT2D eigenvalue weighted by Gasteiger charge is -3.08. The zero-order chi connectivity index (χ0) is 28.2. The minimum absolute atomic E-state index is 0.0225. The molecule has 12 aliphatic rings. The van der Waals surface area contributed by atoms with Gasteiger partial charge in [-0.2, -0.15) is 0 Å². The Labute approximate surface area is 237 Å². The lowest BCUT2D eigenvalue weighted by molar-refractivity contribution is -0.612. The first kappa shape index (κ1) is 22.7. The van der Waals surface area contributed by atoms with Crippen molar-refractivity contribution in [2.45, 2.75) is 13.1 Å². The summed E-state index contributed by atoms with van der Waals surface area (Å²) < 4.78 is 2.57. The number of imidazole rings is 2. The topological polar surface area (TPSA) is 180 Å². The van der Waals surface area contributed by atoms with Crippen LogP contribution in [0.5, 0.6) is 0 Å². The molecule has 0 spiro atoms. The van der Waals surface area contributed by atoms with Crippen LogP contribution in [0.1, 0.15) is 0 Å². The van der Waals surface area contributed by atoms with Crippen LogP contribution in [0.25, 0.3) is 0 Å². The molecule has 2 heterocycles. The minimum Gasteiger partial charge on any atom is -0.390 e. The Morgan fingerprint density at radius 2 is 1.00 bits per heavy atom. The van der Waals surface area contributed by atoms with Crippen LogP contribution in [0.3, 0.4) is 0 Å². The zero-order valence-corrected chi connectivity index (χ0v) is 22.4. The van der Waals surface area contributed by atoms with Gasteiger partial charge in [-0.15, -0.1) is 0 Å². The molecule has 0 bridgehead atoms. The first-order valence-corrected chi connectivity index (χ1v) is 15.2. The molecular weight excluding hydrogens is 544 g/mol. The third-order valence-electron chi connectivity index (χ3n) is 14.9. The van der Waals surface area contributed by atoms with Crippen molar-refractivity contribution in [2.24, 2.45) is 93.7 Å². The summed E-state index contributed by atoms with van der Waals surface area (Å²) in [4.78, 5) is 51.8. The number of carbonyl (C=O) groups is 2. The van der Waals surface area contributed by atoms with Crippen molar-refractivity contribution < 1.29 is 19.4 Å². The Morgan fingerprint density at radius 3 is 1.31 bits per heavy atom. The van der Waals surface area contributed by atoms with Gasteiger partial charge < -0.3 is 30.9 Å². The highest BCUT2D eigenvalue weighted by Gasteiger charge is 3.04.